The molecule has 1 aromatic carbocycles. The van der Waals surface area contributed by atoms with Crippen LogP contribution in [0.4, 0.5) is 8.78 Å². The lowest BCUT2D eigenvalue weighted by Gasteiger charge is -1.90. The van der Waals surface area contributed by atoms with Crippen LogP contribution in [-0.2, 0) is 0 Å². The van der Waals surface area contributed by atoms with Crippen LogP contribution in [-0.4, -0.2) is 5.11 Å². The molecule has 0 aliphatic rings. The predicted molar refractivity (Wildman–Crippen MR) is 43.4 cm³/mol. The highest BCUT2D eigenvalue weighted by molar-refractivity contribution is 7.17. The SMILES string of the molecule is Oc1ccc2sc(F)c(F)c2c1. The van der Waals surface area contributed by atoms with Gasteiger partial charge in [0.2, 0.25) is 5.13 Å². The van der Waals surface area contributed by atoms with Gasteiger partial charge in [-0.1, -0.05) is 0 Å². The topological polar surface area (TPSA) is 20.2 Å². The molecule has 62 valence electrons. The molecule has 0 saturated heterocycles. The molecule has 0 atom stereocenters. The Morgan fingerprint density at radius 2 is 2.00 bits per heavy atom. The van der Waals surface area contributed by atoms with E-state index in [1.807, 2.05) is 0 Å². The monoisotopic (exact) mass is 186 g/mol. The number of phenolic OH excluding ortho intramolecular Hbond substituents is 1. The number of hydrogen-bond acceptors (Lipinski definition) is 2. The molecule has 0 unspecified atom stereocenters. The quantitative estimate of drug-likeness (QED) is 0.670. The minimum atomic E-state index is -0.883. The average Bonchev–Trinajstić information content (AvgIpc) is 2.31. The van der Waals surface area contributed by atoms with Crippen molar-refractivity contribution < 1.29 is 13.9 Å². The maximum absolute atomic E-state index is 12.9. The summed E-state index contributed by atoms with van der Waals surface area (Å²) in [7, 11) is 0. The fourth-order valence-electron chi connectivity index (χ4n) is 1.03. The van der Waals surface area contributed by atoms with Crippen LogP contribution in [0.15, 0.2) is 18.2 Å². The fraction of sp³-hybridized carbons (Fsp3) is 0. The minimum Gasteiger partial charge on any atom is -0.508 e. The Labute approximate surface area is 70.9 Å². The molecular formula is C8H4F2OS. The summed E-state index contributed by atoms with van der Waals surface area (Å²) >= 11 is 0.735. The third-order valence-electron chi connectivity index (χ3n) is 1.57. The Morgan fingerprint density at radius 1 is 1.25 bits per heavy atom. The molecule has 0 spiro atoms. The number of halogens is 2. The van der Waals surface area contributed by atoms with Gasteiger partial charge < -0.3 is 5.11 Å². The normalized spacial score (nSPS) is 10.8. The van der Waals surface area contributed by atoms with E-state index < -0.39 is 10.9 Å². The molecule has 1 N–H and O–H groups in total. The maximum atomic E-state index is 12.9. The molecular weight excluding hydrogens is 182 g/mol. The molecule has 1 nitrogen and oxygen atoms in total. The standard InChI is InChI=1S/C8H4F2OS/c9-7-5-3-4(11)1-2-6(5)12-8(7)10/h1-3,11H. The van der Waals surface area contributed by atoms with E-state index in [-0.39, 0.29) is 11.1 Å². The van der Waals surface area contributed by atoms with E-state index in [2.05, 4.69) is 0 Å². The highest BCUT2D eigenvalue weighted by atomic mass is 32.1. The zero-order valence-corrected chi connectivity index (χ0v) is 6.66. The van der Waals surface area contributed by atoms with Gasteiger partial charge in [-0.3, -0.25) is 0 Å². The van der Waals surface area contributed by atoms with E-state index in [1.165, 1.54) is 18.2 Å². The first kappa shape index (κ1) is 7.49. The molecule has 4 heteroatoms. The van der Waals surface area contributed by atoms with Crippen molar-refractivity contribution in [2.45, 2.75) is 0 Å². The van der Waals surface area contributed by atoms with E-state index in [0.29, 0.717) is 4.70 Å². The van der Waals surface area contributed by atoms with E-state index >= 15 is 0 Å². The highest BCUT2D eigenvalue weighted by Crippen LogP contribution is 2.30. The predicted octanol–water partition coefficient (Wildman–Crippen LogP) is 2.89. The summed E-state index contributed by atoms with van der Waals surface area (Å²) in [5, 5.41) is 8.28. The van der Waals surface area contributed by atoms with Gasteiger partial charge in [-0.2, -0.15) is 4.39 Å². The smallest absolute Gasteiger partial charge is 0.213 e. The van der Waals surface area contributed by atoms with Gasteiger partial charge in [0.15, 0.2) is 5.82 Å². The van der Waals surface area contributed by atoms with Crippen molar-refractivity contribution in [1.29, 1.82) is 0 Å². The van der Waals surface area contributed by atoms with Gasteiger partial charge in [0, 0.05) is 10.1 Å². The van der Waals surface area contributed by atoms with E-state index in [0.717, 1.165) is 11.3 Å². The van der Waals surface area contributed by atoms with E-state index in [1.54, 1.807) is 0 Å². The molecule has 12 heavy (non-hydrogen) atoms. The third kappa shape index (κ3) is 0.956. The molecule has 2 aromatic rings. The van der Waals surface area contributed by atoms with Gasteiger partial charge in [-0.05, 0) is 18.2 Å². The van der Waals surface area contributed by atoms with Crippen molar-refractivity contribution >= 4 is 21.4 Å². The molecule has 0 saturated carbocycles. The van der Waals surface area contributed by atoms with Gasteiger partial charge in [-0.15, -0.1) is 11.3 Å². The zero-order valence-electron chi connectivity index (χ0n) is 5.84. The van der Waals surface area contributed by atoms with Gasteiger partial charge in [-0.25, -0.2) is 4.39 Å². The number of aromatic hydroxyl groups is 1. The summed E-state index contributed by atoms with van der Waals surface area (Å²) in [6, 6.07) is 4.10. The summed E-state index contributed by atoms with van der Waals surface area (Å²) in [6.07, 6.45) is 0. The van der Waals surface area contributed by atoms with Crippen molar-refractivity contribution in [1.82, 2.24) is 0 Å². The first-order valence-corrected chi connectivity index (χ1v) is 4.06. The Hall–Kier alpha value is -1.16. The number of thiophene rings is 1. The van der Waals surface area contributed by atoms with E-state index in [4.69, 9.17) is 5.11 Å². The number of benzene rings is 1. The van der Waals surface area contributed by atoms with Gasteiger partial charge in [0.05, 0.1) is 0 Å². The largest absolute Gasteiger partial charge is 0.508 e. The lowest BCUT2D eigenvalue weighted by molar-refractivity contribution is 0.475. The molecule has 0 amide bonds. The van der Waals surface area contributed by atoms with Crippen LogP contribution in [0.2, 0.25) is 0 Å². The van der Waals surface area contributed by atoms with Crippen molar-refractivity contribution in [3.05, 3.63) is 29.1 Å². The number of fused-ring (bicyclic) bond motifs is 1. The molecule has 0 bridgehead atoms. The lowest BCUT2D eigenvalue weighted by atomic mass is 10.2. The average molecular weight is 186 g/mol. The number of rotatable bonds is 0. The Kier molecular flexibility index (Phi) is 1.51. The first-order valence-electron chi connectivity index (χ1n) is 3.25. The maximum Gasteiger partial charge on any atom is 0.213 e. The third-order valence-corrected chi connectivity index (χ3v) is 2.51. The summed E-state index contributed by atoms with van der Waals surface area (Å²) < 4.78 is 26.0. The highest BCUT2D eigenvalue weighted by Gasteiger charge is 2.11. The zero-order chi connectivity index (χ0) is 8.72. The van der Waals surface area contributed by atoms with Crippen LogP contribution >= 0.6 is 11.3 Å². The van der Waals surface area contributed by atoms with Gasteiger partial charge in [0.25, 0.3) is 0 Å². The van der Waals surface area contributed by atoms with Gasteiger partial charge in [0.1, 0.15) is 5.75 Å². The molecule has 0 radical (unpaired) electrons. The Bertz CT molecular complexity index is 436. The summed E-state index contributed by atoms with van der Waals surface area (Å²) in [5.74, 6) is -0.940. The Morgan fingerprint density at radius 3 is 2.75 bits per heavy atom. The second kappa shape index (κ2) is 2.42. The van der Waals surface area contributed by atoms with Crippen molar-refractivity contribution in [3.63, 3.8) is 0 Å². The lowest BCUT2D eigenvalue weighted by Crippen LogP contribution is -1.71. The van der Waals surface area contributed by atoms with Crippen molar-refractivity contribution in [2.24, 2.45) is 0 Å². The molecule has 0 aliphatic carbocycles. The van der Waals surface area contributed by atoms with E-state index in [9.17, 15) is 8.78 Å². The molecule has 0 fully saturated rings. The van der Waals surface area contributed by atoms with Crippen LogP contribution in [0, 0.1) is 10.9 Å². The van der Waals surface area contributed by atoms with Crippen LogP contribution in [0.3, 0.4) is 0 Å². The second-order valence-corrected chi connectivity index (χ2v) is 3.37. The van der Waals surface area contributed by atoms with Crippen molar-refractivity contribution in [2.75, 3.05) is 0 Å². The first-order chi connectivity index (χ1) is 5.68. The van der Waals surface area contributed by atoms with Crippen molar-refractivity contribution in [3.8, 4) is 5.75 Å². The summed E-state index contributed by atoms with van der Waals surface area (Å²) in [5.41, 5.74) is 0. The molecule has 2 rings (SSSR count). The minimum absolute atomic E-state index is 0.0563. The van der Waals surface area contributed by atoms with Crippen LogP contribution in [0.5, 0.6) is 5.75 Å². The van der Waals surface area contributed by atoms with Crippen LogP contribution in [0.25, 0.3) is 10.1 Å². The summed E-state index contributed by atoms with van der Waals surface area (Å²) in [4.78, 5) is 0. The Balaban J connectivity index is 2.88. The molecule has 1 aromatic heterocycles. The fourth-order valence-corrected chi connectivity index (χ4v) is 1.81. The van der Waals surface area contributed by atoms with Gasteiger partial charge >= 0.3 is 0 Å². The summed E-state index contributed by atoms with van der Waals surface area (Å²) in [6.45, 7) is 0. The number of hydrogen-bond donors (Lipinski definition) is 1. The van der Waals surface area contributed by atoms with Crippen LogP contribution < -0.4 is 0 Å². The van der Waals surface area contributed by atoms with Crippen LogP contribution in [0.1, 0.15) is 0 Å². The second-order valence-electron chi connectivity index (χ2n) is 2.37. The number of phenols is 1. The molecule has 0 aliphatic heterocycles. The molecule has 1 heterocycles.